The van der Waals surface area contributed by atoms with Gasteiger partial charge in [-0.2, -0.15) is 0 Å². The molecule has 3 heteroatoms. The van der Waals surface area contributed by atoms with Gasteiger partial charge in [0.1, 0.15) is 0 Å². The lowest BCUT2D eigenvalue weighted by Gasteiger charge is -2.37. The summed E-state index contributed by atoms with van der Waals surface area (Å²) in [6, 6.07) is 4.67. The predicted octanol–water partition coefficient (Wildman–Crippen LogP) is 4.37. The molecular formula is C17H29NOS. The molecule has 20 heavy (non-hydrogen) atoms. The SMILES string of the molecule is CCC1CCC(O)(CNC(c2cccs2)C(C)C)CC1. The van der Waals surface area contributed by atoms with E-state index in [0.717, 1.165) is 25.3 Å². The second kappa shape index (κ2) is 7.06. The molecule has 1 saturated carbocycles. The topological polar surface area (TPSA) is 32.3 Å². The molecule has 1 aromatic rings. The molecule has 0 spiro atoms. The number of nitrogens with one attached hydrogen (secondary N) is 1. The van der Waals surface area contributed by atoms with Crippen LogP contribution in [0.3, 0.4) is 0 Å². The predicted molar refractivity (Wildman–Crippen MR) is 87.1 cm³/mol. The zero-order valence-electron chi connectivity index (χ0n) is 13.1. The molecule has 0 aliphatic heterocycles. The second-order valence-corrected chi connectivity index (χ2v) is 7.67. The van der Waals surface area contributed by atoms with Gasteiger partial charge in [-0.15, -0.1) is 11.3 Å². The van der Waals surface area contributed by atoms with Crippen LogP contribution in [-0.2, 0) is 0 Å². The molecular weight excluding hydrogens is 266 g/mol. The van der Waals surface area contributed by atoms with Gasteiger partial charge in [-0.3, -0.25) is 0 Å². The smallest absolute Gasteiger partial charge is 0.0772 e. The van der Waals surface area contributed by atoms with Gasteiger partial charge < -0.3 is 10.4 Å². The maximum absolute atomic E-state index is 10.8. The fourth-order valence-electron chi connectivity index (χ4n) is 3.23. The quantitative estimate of drug-likeness (QED) is 0.817. The van der Waals surface area contributed by atoms with Crippen LogP contribution in [0.4, 0.5) is 0 Å². The molecule has 0 radical (unpaired) electrons. The summed E-state index contributed by atoms with van der Waals surface area (Å²) in [5, 5.41) is 16.5. The fourth-order valence-corrected chi connectivity index (χ4v) is 4.21. The first-order valence-corrected chi connectivity index (χ1v) is 8.91. The molecule has 1 atom stereocenters. The van der Waals surface area contributed by atoms with Crippen molar-refractivity contribution in [1.82, 2.24) is 5.32 Å². The largest absolute Gasteiger partial charge is 0.389 e. The molecule has 0 saturated heterocycles. The van der Waals surface area contributed by atoms with Crippen molar-refractivity contribution >= 4 is 11.3 Å². The van der Waals surface area contributed by atoms with Crippen LogP contribution in [0.25, 0.3) is 0 Å². The highest BCUT2D eigenvalue weighted by Crippen LogP contribution is 2.34. The van der Waals surface area contributed by atoms with E-state index in [4.69, 9.17) is 0 Å². The summed E-state index contributed by atoms with van der Waals surface area (Å²) in [7, 11) is 0. The van der Waals surface area contributed by atoms with Crippen molar-refractivity contribution in [1.29, 1.82) is 0 Å². The summed E-state index contributed by atoms with van der Waals surface area (Å²) in [5.41, 5.74) is -0.490. The van der Waals surface area contributed by atoms with Crippen molar-refractivity contribution in [2.24, 2.45) is 11.8 Å². The summed E-state index contributed by atoms with van der Waals surface area (Å²) in [5.74, 6) is 1.37. The Morgan fingerprint density at radius 3 is 2.60 bits per heavy atom. The van der Waals surface area contributed by atoms with E-state index in [1.54, 1.807) is 11.3 Å². The maximum Gasteiger partial charge on any atom is 0.0772 e. The third-order valence-electron chi connectivity index (χ3n) is 4.78. The van der Waals surface area contributed by atoms with Crippen LogP contribution in [0, 0.1) is 11.8 Å². The van der Waals surface area contributed by atoms with Crippen molar-refractivity contribution in [3.63, 3.8) is 0 Å². The van der Waals surface area contributed by atoms with Crippen LogP contribution in [0.1, 0.15) is 63.8 Å². The standard InChI is InChI=1S/C17H29NOS/c1-4-14-7-9-17(19,10-8-14)12-18-16(13(2)3)15-6-5-11-20-15/h5-6,11,13-14,16,18-19H,4,7-10,12H2,1-3H3. The molecule has 1 aromatic heterocycles. The van der Waals surface area contributed by atoms with Gasteiger partial charge in [-0.05, 0) is 49.0 Å². The first-order valence-electron chi connectivity index (χ1n) is 8.03. The molecule has 0 bridgehead atoms. The Kier molecular flexibility index (Phi) is 5.65. The van der Waals surface area contributed by atoms with Crippen molar-refractivity contribution in [2.75, 3.05) is 6.54 Å². The Morgan fingerprint density at radius 1 is 1.40 bits per heavy atom. The van der Waals surface area contributed by atoms with E-state index < -0.39 is 5.60 Å². The van der Waals surface area contributed by atoms with Gasteiger partial charge in [-0.25, -0.2) is 0 Å². The molecule has 2 N–H and O–H groups in total. The molecule has 0 amide bonds. The summed E-state index contributed by atoms with van der Waals surface area (Å²) in [4.78, 5) is 1.38. The van der Waals surface area contributed by atoms with Gasteiger partial charge in [0, 0.05) is 17.5 Å². The Bertz CT molecular complexity index is 380. The fraction of sp³-hybridized carbons (Fsp3) is 0.765. The molecule has 114 valence electrons. The Labute approximate surface area is 127 Å². The molecule has 2 rings (SSSR count). The molecule has 2 nitrogen and oxygen atoms in total. The van der Waals surface area contributed by atoms with Crippen LogP contribution in [-0.4, -0.2) is 17.3 Å². The lowest BCUT2D eigenvalue weighted by molar-refractivity contribution is -0.0116. The number of thiophene rings is 1. The van der Waals surface area contributed by atoms with E-state index in [2.05, 4.69) is 43.6 Å². The average molecular weight is 295 g/mol. The third-order valence-corrected chi connectivity index (χ3v) is 5.74. The van der Waals surface area contributed by atoms with Gasteiger partial charge in [-0.1, -0.05) is 33.3 Å². The van der Waals surface area contributed by atoms with Gasteiger partial charge in [0.2, 0.25) is 0 Å². The molecule has 1 heterocycles. The Morgan fingerprint density at radius 2 is 2.10 bits per heavy atom. The molecule has 1 unspecified atom stereocenters. The summed E-state index contributed by atoms with van der Waals surface area (Å²) in [6.07, 6.45) is 5.52. The van der Waals surface area contributed by atoms with E-state index in [1.165, 1.54) is 24.1 Å². The highest BCUT2D eigenvalue weighted by Gasteiger charge is 2.33. The summed E-state index contributed by atoms with van der Waals surface area (Å²) in [6.45, 7) is 7.48. The Balaban J connectivity index is 1.90. The number of hydrogen-bond donors (Lipinski definition) is 2. The van der Waals surface area contributed by atoms with E-state index in [-0.39, 0.29) is 0 Å². The van der Waals surface area contributed by atoms with E-state index in [0.29, 0.717) is 12.0 Å². The minimum atomic E-state index is -0.490. The highest BCUT2D eigenvalue weighted by atomic mass is 32.1. The molecule has 0 aromatic carbocycles. The van der Waals surface area contributed by atoms with Gasteiger partial charge in [0.05, 0.1) is 5.60 Å². The maximum atomic E-state index is 10.8. The van der Waals surface area contributed by atoms with Crippen LogP contribution in [0.5, 0.6) is 0 Å². The monoisotopic (exact) mass is 295 g/mol. The van der Waals surface area contributed by atoms with Crippen molar-refractivity contribution < 1.29 is 5.11 Å². The van der Waals surface area contributed by atoms with Crippen molar-refractivity contribution in [3.8, 4) is 0 Å². The van der Waals surface area contributed by atoms with Crippen LogP contribution in [0.2, 0.25) is 0 Å². The highest BCUT2D eigenvalue weighted by molar-refractivity contribution is 7.10. The third kappa shape index (κ3) is 4.06. The molecule has 1 aliphatic rings. The van der Waals surface area contributed by atoms with E-state index in [9.17, 15) is 5.11 Å². The number of rotatable bonds is 6. The van der Waals surface area contributed by atoms with Crippen LogP contribution in [0.15, 0.2) is 17.5 Å². The summed E-state index contributed by atoms with van der Waals surface area (Å²) < 4.78 is 0. The van der Waals surface area contributed by atoms with Crippen molar-refractivity contribution in [3.05, 3.63) is 22.4 Å². The van der Waals surface area contributed by atoms with Crippen LogP contribution < -0.4 is 5.32 Å². The normalized spacial score (nSPS) is 28.8. The van der Waals surface area contributed by atoms with E-state index >= 15 is 0 Å². The lowest BCUT2D eigenvalue weighted by Crippen LogP contribution is -2.45. The molecule has 1 aliphatic carbocycles. The number of hydrogen-bond acceptors (Lipinski definition) is 3. The van der Waals surface area contributed by atoms with Gasteiger partial charge in [0.15, 0.2) is 0 Å². The zero-order valence-corrected chi connectivity index (χ0v) is 13.9. The van der Waals surface area contributed by atoms with E-state index in [1.807, 2.05) is 0 Å². The lowest BCUT2D eigenvalue weighted by atomic mass is 9.77. The average Bonchev–Trinajstić information content (AvgIpc) is 2.93. The Hall–Kier alpha value is -0.380. The second-order valence-electron chi connectivity index (χ2n) is 6.69. The minimum Gasteiger partial charge on any atom is -0.389 e. The van der Waals surface area contributed by atoms with Crippen molar-refractivity contribution in [2.45, 2.75) is 64.5 Å². The number of aliphatic hydroxyl groups is 1. The van der Waals surface area contributed by atoms with Gasteiger partial charge in [0.25, 0.3) is 0 Å². The van der Waals surface area contributed by atoms with Crippen LogP contribution >= 0.6 is 11.3 Å². The first-order chi connectivity index (χ1) is 9.54. The first kappa shape index (κ1) is 16.0. The van der Waals surface area contributed by atoms with Gasteiger partial charge >= 0.3 is 0 Å². The molecule has 1 fully saturated rings. The minimum absolute atomic E-state index is 0.364. The summed E-state index contributed by atoms with van der Waals surface area (Å²) >= 11 is 1.80. The zero-order chi connectivity index (χ0) is 14.6.